The van der Waals surface area contributed by atoms with Crippen LogP contribution in [0.15, 0.2) is 0 Å². The van der Waals surface area contributed by atoms with E-state index in [0.717, 1.165) is 19.5 Å². The van der Waals surface area contributed by atoms with Gasteiger partial charge in [0.25, 0.3) is 0 Å². The Balaban J connectivity index is 2.22. The van der Waals surface area contributed by atoms with Gasteiger partial charge in [-0.25, -0.2) is 0 Å². The number of ether oxygens (including phenoxy) is 1. The number of morpholine rings is 1. The first kappa shape index (κ1) is 12.5. The Hall–Kier alpha value is -0.610. The van der Waals surface area contributed by atoms with E-state index < -0.39 is 0 Å². The molecule has 0 N–H and O–H groups in total. The first-order valence-electron chi connectivity index (χ1n) is 5.63. The summed E-state index contributed by atoms with van der Waals surface area (Å²) < 4.78 is 5.21. The van der Waals surface area contributed by atoms with Gasteiger partial charge in [-0.2, -0.15) is 0 Å². The van der Waals surface area contributed by atoms with E-state index in [9.17, 15) is 4.79 Å². The molecule has 0 aliphatic carbocycles. The molecule has 0 saturated carbocycles. The molecule has 0 spiro atoms. The van der Waals surface area contributed by atoms with E-state index in [0.29, 0.717) is 25.7 Å². The molecular weight excluding hydrogens is 192 g/mol. The van der Waals surface area contributed by atoms with Crippen molar-refractivity contribution in [2.24, 2.45) is 0 Å². The number of rotatable bonds is 4. The lowest BCUT2D eigenvalue weighted by molar-refractivity contribution is -0.135. The molecule has 1 unspecified atom stereocenters. The van der Waals surface area contributed by atoms with Gasteiger partial charge in [0.1, 0.15) is 0 Å². The second kappa shape index (κ2) is 6.08. The third-order valence-corrected chi connectivity index (χ3v) is 3.02. The maximum absolute atomic E-state index is 11.8. The summed E-state index contributed by atoms with van der Waals surface area (Å²) in [4.78, 5) is 15.8. The molecule has 1 saturated heterocycles. The number of amides is 1. The fourth-order valence-corrected chi connectivity index (χ4v) is 1.56. The quantitative estimate of drug-likeness (QED) is 0.686. The first-order chi connectivity index (χ1) is 7.11. The van der Waals surface area contributed by atoms with E-state index in [1.54, 1.807) is 0 Å². The van der Waals surface area contributed by atoms with Crippen molar-refractivity contribution in [3.63, 3.8) is 0 Å². The van der Waals surface area contributed by atoms with E-state index in [1.807, 2.05) is 19.0 Å². The summed E-state index contributed by atoms with van der Waals surface area (Å²) in [6.45, 7) is 5.04. The molecule has 1 heterocycles. The van der Waals surface area contributed by atoms with Crippen molar-refractivity contribution < 1.29 is 9.53 Å². The van der Waals surface area contributed by atoms with Gasteiger partial charge < -0.3 is 14.5 Å². The van der Waals surface area contributed by atoms with Crippen molar-refractivity contribution in [1.82, 2.24) is 9.80 Å². The molecule has 1 aliphatic rings. The molecule has 0 bridgehead atoms. The molecule has 1 atom stereocenters. The van der Waals surface area contributed by atoms with E-state index in [1.165, 1.54) is 0 Å². The summed E-state index contributed by atoms with van der Waals surface area (Å²) in [6, 6.07) is 0.468. The van der Waals surface area contributed by atoms with Crippen LogP contribution in [0.2, 0.25) is 0 Å². The highest BCUT2D eigenvalue weighted by Gasteiger charge is 2.17. The van der Waals surface area contributed by atoms with Crippen LogP contribution in [0.5, 0.6) is 0 Å². The number of carbonyl (C=O) groups excluding carboxylic acids is 1. The van der Waals surface area contributed by atoms with Crippen molar-refractivity contribution in [1.29, 1.82) is 0 Å². The normalized spacial score (nSPS) is 19.3. The largest absolute Gasteiger partial charge is 0.378 e. The molecule has 1 amide bonds. The van der Waals surface area contributed by atoms with Crippen LogP contribution in [0.1, 0.15) is 19.8 Å². The van der Waals surface area contributed by atoms with Gasteiger partial charge in [0.2, 0.25) is 5.91 Å². The van der Waals surface area contributed by atoms with E-state index in [4.69, 9.17) is 4.74 Å². The summed E-state index contributed by atoms with van der Waals surface area (Å²) in [5.74, 6) is 0.270. The number of nitrogens with zero attached hydrogens (tertiary/aromatic N) is 2. The predicted molar refractivity (Wildman–Crippen MR) is 59.8 cm³/mol. The summed E-state index contributed by atoms with van der Waals surface area (Å²) in [5.41, 5.74) is 0. The monoisotopic (exact) mass is 214 g/mol. The minimum Gasteiger partial charge on any atom is -0.378 e. The summed E-state index contributed by atoms with van der Waals surface area (Å²) in [6.07, 6.45) is 1.59. The second-order valence-electron chi connectivity index (χ2n) is 4.34. The maximum Gasteiger partial charge on any atom is 0.222 e. The number of hydrogen-bond acceptors (Lipinski definition) is 3. The Labute approximate surface area is 92.2 Å². The van der Waals surface area contributed by atoms with Crippen molar-refractivity contribution in [3.8, 4) is 0 Å². The third kappa shape index (κ3) is 4.18. The molecule has 1 aliphatic heterocycles. The fraction of sp³-hybridized carbons (Fsp3) is 0.909. The Morgan fingerprint density at radius 2 is 2.00 bits per heavy atom. The van der Waals surface area contributed by atoms with Gasteiger partial charge in [-0.05, 0) is 27.4 Å². The Morgan fingerprint density at radius 3 is 2.53 bits per heavy atom. The van der Waals surface area contributed by atoms with Crippen LogP contribution in [0.4, 0.5) is 0 Å². The minimum absolute atomic E-state index is 0.270. The summed E-state index contributed by atoms with van der Waals surface area (Å²) in [7, 11) is 4.09. The predicted octanol–water partition coefficient (Wildman–Crippen LogP) is 0.575. The van der Waals surface area contributed by atoms with Crippen LogP contribution < -0.4 is 0 Å². The van der Waals surface area contributed by atoms with E-state index >= 15 is 0 Å². The van der Waals surface area contributed by atoms with Gasteiger partial charge in [-0.3, -0.25) is 4.79 Å². The molecule has 0 aromatic rings. The maximum atomic E-state index is 11.8. The van der Waals surface area contributed by atoms with Crippen molar-refractivity contribution in [3.05, 3.63) is 0 Å². The SMILES string of the molecule is CC(CCC(=O)N1CCOCC1)N(C)C. The van der Waals surface area contributed by atoms with Gasteiger partial charge in [0, 0.05) is 25.6 Å². The van der Waals surface area contributed by atoms with Crippen LogP contribution >= 0.6 is 0 Å². The topological polar surface area (TPSA) is 32.8 Å². The highest BCUT2D eigenvalue weighted by Crippen LogP contribution is 2.06. The van der Waals surface area contributed by atoms with E-state index in [2.05, 4.69) is 11.8 Å². The van der Waals surface area contributed by atoms with Crippen LogP contribution in [0.3, 0.4) is 0 Å². The molecule has 15 heavy (non-hydrogen) atoms. The lowest BCUT2D eigenvalue weighted by Crippen LogP contribution is -2.41. The molecule has 0 aromatic carbocycles. The third-order valence-electron chi connectivity index (χ3n) is 3.02. The first-order valence-corrected chi connectivity index (χ1v) is 5.63. The van der Waals surface area contributed by atoms with Crippen molar-refractivity contribution in [2.75, 3.05) is 40.4 Å². The standard InChI is InChI=1S/C11H22N2O2/c1-10(12(2)3)4-5-11(14)13-6-8-15-9-7-13/h10H,4-9H2,1-3H3. The minimum atomic E-state index is 0.270. The van der Waals surface area contributed by atoms with Crippen molar-refractivity contribution in [2.45, 2.75) is 25.8 Å². The van der Waals surface area contributed by atoms with E-state index in [-0.39, 0.29) is 5.91 Å². The molecule has 0 aromatic heterocycles. The molecule has 0 radical (unpaired) electrons. The molecule has 88 valence electrons. The van der Waals surface area contributed by atoms with Gasteiger partial charge in [0.15, 0.2) is 0 Å². The number of carbonyl (C=O) groups is 1. The van der Waals surface area contributed by atoms with Crippen LogP contribution in [-0.2, 0) is 9.53 Å². The smallest absolute Gasteiger partial charge is 0.222 e. The van der Waals surface area contributed by atoms with Crippen LogP contribution in [0.25, 0.3) is 0 Å². The fourth-order valence-electron chi connectivity index (χ4n) is 1.56. The highest BCUT2D eigenvalue weighted by molar-refractivity contribution is 5.76. The number of hydrogen-bond donors (Lipinski definition) is 0. The van der Waals surface area contributed by atoms with Gasteiger partial charge in [-0.1, -0.05) is 0 Å². The van der Waals surface area contributed by atoms with Gasteiger partial charge in [-0.15, -0.1) is 0 Å². The van der Waals surface area contributed by atoms with Crippen molar-refractivity contribution >= 4 is 5.91 Å². The highest BCUT2D eigenvalue weighted by atomic mass is 16.5. The molecule has 1 rings (SSSR count). The zero-order valence-electron chi connectivity index (χ0n) is 10.0. The average molecular weight is 214 g/mol. The second-order valence-corrected chi connectivity index (χ2v) is 4.34. The Kier molecular flexibility index (Phi) is 5.05. The molecule has 1 fully saturated rings. The van der Waals surface area contributed by atoms with Gasteiger partial charge in [0.05, 0.1) is 13.2 Å². The average Bonchev–Trinajstić information content (AvgIpc) is 2.26. The molecule has 4 heteroatoms. The summed E-state index contributed by atoms with van der Waals surface area (Å²) in [5, 5.41) is 0. The molecule has 4 nitrogen and oxygen atoms in total. The lowest BCUT2D eigenvalue weighted by Gasteiger charge is -2.28. The van der Waals surface area contributed by atoms with Crippen LogP contribution in [0, 0.1) is 0 Å². The summed E-state index contributed by atoms with van der Waals surface area (Å²) >= 11 is 0. The van der Waals surface area contributed by atoms with Crippen LogP contribution in [-0.4, -0.2) is 62.1 Å². The molecular formula is C11H22N2O2. The zero-order chi connectivity index (χ0) is 11.3. The van der Waals surface area contributed by atoms with Gasteiger partial charge >= 0.3 is 0 Å². The Bertz CT molecular complexity index is 201. The lowest BCUT2D eigenvalue weighted by atomic mass is 10.1. The Morgan fingerprint density at radius 1 is 1.40 bits per heavy atom. The zero-order valence-corrected chi connectivity index (χ0v) is 10.0.